The standard InChI is InChI=1S/C19H24BrN2O.2C7H7.Zr/c1-14(2)16-7-3-4-9-18(16)22-13-12-21-11-10-15-6-5-8-17(20)19(15)23;2*1-7-5-3-2-4-6-7;/h3-9,14,21,23H,10-13H2,1-2H3;2*2-6H,1H2;/q3*-1;+4. The van der Waals surface area contributed by atoms with Crippen LogP contribution in [0.5, 0.6) is 5.75 Å². The summed E-state index contributed by atoms with van der Waals surface area (Å²) in [6, 6.07) is 33.8. The summed E-state index contributed by atoms with van der Waals surface area (Å²) in [4.78, 5) is 0. The van der Waals surface area contributed by atoms with Crippen LogP contribution in [0.25, 0.3) is 5.32 Å². The van der Waals surface area contributed by atoms with Crippen molar-refractivity contribution in [2.75, 3.05) is 19.6 Å². The molecule has 0 fully saturated rings. The van der Waals surface area contributed by atoms with E-state index >= 15 is 0 Å². The van der Waals surface area contributed by atoms with Crippen molar-refractivity contribution in [2.45, 2.75) is 26.2 Å². The van der Waals surface area contributed by atoms with E-state index in [2.05, 4.69) is 72.5 Å². The van der Waals surface area contributed by atoms with E-state index in [1.54, 1.807) is 0 Å². The van der Waals surface area contributed by atoms with Gasteiger partial charge in [0.25, 0.3) is 0 Å². The molecule has 0 heterocycles. The number of nitrogens with one attached hydrogen (secondary N) is 1. The third-order valence-electron chi connectivity index (χ3n) is 5.46. The maximum absolute atomic E-state index is 9.94. The Morgan fingerprint density at radius 3 is 1.84 bits per heavy atom. The Morgan fingerprint density at radius 2 is 1.32 bits per heavy atom. The summed E-state index contributed by atoms with van der Waals surface area (Å²) in [5.74, 6) is 0.826. The van der Waals surface area contributed by atoms with Gasteiger partial charge >= 0.3 is 26.2 Å². The molecule has 5 heteroatoms. The smallest absolute Gasteiger partial charge is 0.683 e. The fourth-order valence-electron chi connectivity index (χ4n) is 3.44. The van der Waals surface area contributed by atoms with Crippen LogP contribution < -0.4 is 5.32 Å². The zero-order chi connectivity index (χ0) is 26.9. The zero-order valence-corrected chi connectivity index (χ0v) is 26.5. The van der Waals surface area contributed by atoms with Crippen molar-refractivity contribution >= 4 is 21.6 Å². The third kappa shape index (κ3) is 13.4. The molecule has 0 bridgehead atoms. The molecule has 2 N–H and O–H groups in total. The maximum Gasteiger partial charge on any atom is 4.00 e. The Morgan fingerprint density at radius 1 is 0.763 bits per heavy atom. The summed E-state index contributed by atoms with van der Waals surface area (Å²) >= 11 is 3.34. The molecule has 0 amide bonds. The van der Waals surface area contributed by atoms with Crippen LogP contribution >= 0.6 is 15.9 Å². The molecular formula is C33H38BrN2OZr+. The molecule has 38 heavy (non-hydrogen) atoms. The van der Waals surface area contributed by atoms with E-state index in [4.69, 9.17) is 0 Å². The summed E-state index contributed by atoms with van der Waals surface area (Å²) in [6.45, 7) is 14.2. The van der Waals surface area contributed by atoms with E-state index in [1.807, 2.05) is 84.9 Å². The van der Waals surface area contributed by atoms with Crippen LogP contribution in [0.1, 0.15) is 42.0 Å². The summed E-state index contributed by atoms with van der Waals surface area (Å²) in [6.07, 6.45) is 0.799. The number of hydrogen-bond acceptors (Lipinski definition) is 2. The molecule has 196 valence electrons. The molecule has 0 radical (unpaired) electrons. The number of benzene rings is 4. The fourth-order valence-corrected chi connectivity index (χ4v) is 3.85. The molecule has 3 nitrogen and oxygen atoms in total. The van der Waals surface area contributed by atoms with Gasteiger partial charge in [0.15, 0.2) is 0 Å². The van der Waals surface area contributed by atoms with Gasteiger partial charge in [-0.25, -0.2) is 0 Å². The predicted octanol–water partition coefficient (Wildman–Crippen LogP) is 8.85. The molecule has 0 aliphatic rings. The van der Waals surface area contributed by atoms with Gasteiger partial charge in [-0.15, -0.1) is 36.5 Å². The molecule has 4 rings (SSSR count). The Kier molecular flexibility index (Phi) is 17.3. The van der Waals surface area contributed by atoms with Crippen molar-refractivity contribution in [3.8, 4) is 5.75 Å². The molecule has 0 unspecified atom stereocenters. The van der Waals surface area contributed by atoms with Crippen LogP contribution in [0.3, 0.4) is 0 Å². The quantitative estimate of drug-likeness (QED) is 0.148. The molecule has 0 aromatic heterocycles. The van der Waals surface area contributed by atoms with Gasteiger partial charge in [0.05, 0.1) is 4.47 Å². The number of phenols is 1. The Balaban J connectivity index is 0.000000390. The first-order valence-corrected chi connectivity index (χ1v) is 13.3. The van der Waals surface area contributed by atoms with Crippen LogP contribution in [0.2, 0.25) is 0 Å². The van der Waals surface area contributed by atoms with E-state index < -0.39 is 0 Å². The van der Waals surface area contributed by atoms with Crippen LogP contribution in [0.4, 0.5) is 5.69 Å². The minimum absolute atomic E-state index is 0. The van der Waals surface area contributed by atoms with Crippen LogP contribution in [-0.4, -0.2) is 24.7 Å². The van der Waals surface area contributed by atoms with E-state index in [-0.39, 0.29) is 26.2 Å². The van der Waals surface area contributed by atoms with Crippen molar-refractivity contribution in [1.29, 1.82) is 0 Å². The summed E-state index contributed by atoms with van der Waals surface area (Å²) < 4.78 is 0.746. The van der Waals surface area contributed by atoms with Crippen LogP contribution in [-0.2, 0) is 32.6 Å². The first kappa shape index (κ1) is 33.6. The van der Waals surface area contributed by atoms with Gasteiger partial charge in [-0.2, -0.15) is 49.2 Å². The van der Waals surface area contributed by atoms with Crippen molar-refractivity contribution in [3.63, 3.8) is 0 Å². The second-order valence-electron chi connectivity index (χ2n) is 8.81. The van der Waals surface area contributed by atoms with Crippen molar-refractivity contribution in [3.05, 3.63) is 149 Å². The minimum atomic E-state index is 0. The topological polar surface area (TPSA) is 46.4 Å². The van der Waals surface area contributed by atoms with Gasteiger partial charge in [0.2, 0.25) is 0 Å². The number of nitrogens with zero attached hydrogens (tertiary/aromatic N) is 1. The number of phenolic OH excluding ortho intramolecular Hbond substituents is 1. The predicted molar refractivity (Wildman–Crippen MR) is 163 cm³/mol. The molecule has 0 atom stereocenters. The normalized spacial score (nSPS) is 9.79. The number of hydrogen-bond donors (Lipinski definition) is 2. The Bertz CT molecular complexity index is 1120. The number of para-hydroxylation sites is 2. The second-order valence-corrected chi connectivity index (χ2v) is 9.67. The third-order valence-corrected chi connectivity index (χ3v) is 6.10. The number of rotatable bonds is 8. The van der Waals surface area contributed by atoms with Gasteiger partial charge in [0.1, 0.15) is 5.75 Å². The molecular weight excluding hydrogens is 612 g/mol. The van der Waals surface area contributed by atoms with Gasteiger partial charge in [0, 0.05) is 0 Å². The van der Waals surface area contributed by atoms with Crippen molar-refractivity contribution in [1.82, 2.24) is 5.32 Å². The van der Waals surface area contributed by atoms with E-state index in [9.17, 15) is 5.11 Å². The Hall–Kier alpha value is -2.46. The van der Waals surface area contributed by atoms with Gasteiger partial charge in [-0.1, -0.05) is 67.9 Å². The minimum Gasteiger partial charge on any atom is -0.683 e. The monoisotopic (exact) mass is 647 g/mol. The largest absolute Gasteiger partial charge is 4.00 e. The van der Waals surface area contributed by atoms with Crippen LogP contribution in [0.15, 0.2) is 108 Å². The average molecular weight is 650 g/mol. The molecule has 0 spiro atoms. The van der Waals surface area contributed by atoms with Gasteiger partial charge in [-0.05, 0) is 53.0 Å². The van der Waals surface area contributed by atoms with Crippen molar-refractivity contribution < 1.29 is 31.3 Å². The molecule has 0 saturated heterocycles. The summed E-state index contributed by atoms with van der Waals surface area (Å²) in [7, 11) is 0. The summed E-state index contributed by atoms with van der Waals surface area (Å²) in [5.41, 5.74) is 5.49. The van der Waals surface area contributed by atoms with Crippen LogP contribution in [0, 0.1) is 13.8 Å². The molecule has 4 aromatic rings. The molecule has 4 aromatic carbocycles. The second kappa shape index (κ2) is 19.6. The van der Waals surface area contributed by atoms with Gasteiger partial charge < -0.3 is 15.7 Å². The summed E-state index contributed by atoms with van der Waals surface area (Å²) in [5, 5.41) is 18.0. The zero-order valence-electron chi connectivity index (χ0n) is 22.4. The van der Waals surface area contributed by atoms with Gasteiger partial charge in [-0.3, -0.25) is 0 Å². The SMILES string of the molecule is CC(C)c1ccccc1[N-]CCNCCc1cccc(Br)c1O.[CH2-]c1ccccc1.[CH2-]c1ccccc1.[Zr+4]. The molecule has 0 aliphatic carbocycles. The van der Waals surface area contributed by atoms with E-state index in [0.717, 1.165) is 52.9 Å². The number of halogens is 1. The molecule has 0 saturated carbocycles. The first-order valence-electron chi connectivity index (χ1n) is 12.6. The fraction of sp³-hybridized carbons (Fsp3) is 0.212. The number of aromatic hydroxyl groups is 1. The van der Waals surface area contributed by atoms with Crippen molar-refractivity contribution in [2.24, 2.45) is 0 Å². The molecule has 0 aliphatic heterocycles. The Labute approximate surface area is 257 Å². The van der Waals surface area contributed by atoms with E-state index in [1.165, 1.54) is 5.56 Å². The average Bonchev–Trinajstić information content (AvgIpc) is 2.90. The maximum atomic E-state index is 9.94. The first-order chi connectivity index (χ1) is 17.9. The van der Waals surface area contributed by atoms with E-state index in [0.29, 0.717) is 11.7 Å².